The van der Waals surface area contributed by atoms with E-state index >= 15 is 0 Å². The van der Waals surface area contributed by atoms with Gasteiger partial charge in [0.05, 0.1) is 0 Å². The first-order chi connectivity index (χ1) is 9.72. The lowest BCUT2D eigenvalue weighted by atomic mass is 9.77. The predicted molar refractivity (Wildman–Crippen MR) is 80.2 cm³/mol. The number of aromatic hydroxyl groups is 1. The Morgan fingerprint density at radius 1 is 0.900 bits per heavy atom. The maximum atomic E-state index is 11.2. The minimum Gasteiger partial charge on any atom is -0.508 e. The number of aliphatic hydroxyl groups is 1. The zero-order chi connectivity index (χ0) is 14.0. The van der Waals surface area contributed by atoms with Crippen molar-refractivity contribution in [1.82, 2.24) is 0 Å². The summed E-state index contributed by atoms with van der Waals surface area (Å²) >= 11 is 0. The van der Waals surface area contributed by atoms with E-state index in [1.807, 2.05) is 54.6 Å². The molecule has 2 aromatic rings. The molecule has 1 aliphatic carbocycles. The van der Waals surface area contributed by atoms with Gasteiger partial charge in [0, 0.05) is 12.0 Å². The maximum Gasteiger partial charge on any atom is 0.122 e. The van der Waals surface area contributed by atoms with Gasteiger partial charge in [-0.25, -0.2) is 0 Å². The van der Waals surface area contributed by atoms with Crippen molar-refractivity contribution in [1.29, 1.82) is 0 Å². The molecular formula is C18H16O2. The fourth-order valence-electron chi connectivity index (χ4n) is 2.68. The molecule has 0 spiro atoms. The molecule has 0 heterocycles. The van der Waals surface area contributed by atoms with Crippen molar-refractivity contribution in [3.63, 3.8) is 0 Å². The van der Waals surface area contributed by atoms with Crippen LogP contribution in [-0.4, -0.2) is 10.2 Å². The molecule has 0 fully saturated rings. The van der Waals surface area contributed by atoms with Crippen molar-refractivity contribution in [2.45, 2.75) is 12.0 Å². The molecule has 20 heavy (non-hydrogen) atoms. The number of hydrogen-bond acceptors (Lipinski definition) is 2. The molecule has 100 valence electrons. The van der Waals surface area contributed by atoms with Crippen molar-refractivity contribution >= 4 is 5.57 Å². The molecule has 0 bridgehead atoms. The minimum atomic E-state index is -1.19. The molecule has 2 nitrogen and oxygen atoms in total. The second kappa shape index (κ2) is 4.99. The van der Waals surface area contributed by atoms with E-state index in [1.165, 1.54) is 0 Å². The summed E-state index contributed by atoms with van der Waals surface area (Å²) in [7, 11) is 0. The molecule has 0 aliphatic heterocycles. The Labute approximate surface area is 118 Å². The Hall–Kier alpha value is -2.32. The van der Waals surface area contributed by atoms with Crippen molar-refractivity contribution in [2.75, 3.05) is 0 Å². The van der Waals surface area contributed by atoms with E-state index in [0.29, 0.717) is 12.0 Å². The summed E-state index contributed by atoms with van der Waals surface area (Å²) in [4.78, 5) is 0. The number of phenols is 1. The highest BCUT2D eigenvalue weighted by atomic mass is 16.3. The Morgan fingerprint density at radius 2 is 1.60 bits per heavy atom. The van der Waals surface area contributed by atoms with E-state index in [1.54, 1.807) is 18.2 Å². The van der Waals surface area contributed by atoms with Crippen LogP contribution in [0.2, 0.25) is 0 Å². The third-order valence-electron chi connectivity index (χ3n) is 3.69. The lowest BCUT2D eigenvalue weighted by molar-refractivity contribution is 0.0999. The van der Waals surface area contributed by atoms with Crippen LogP contribution in [0.1, 0.15) is 17.5 Å². The summed E-state index contributed by atoms with van der Waals surface area (Å²) in [6, 6.07) is 16.7. The standard InChI is InChI=1S/C18H16O2/c19-17-12-5-4-11-16(17)18(20)13-7-6-10-15(18)14-8-2-1-3-9-14/h1-12,19-20H,13H2. The summed E-state index contributed by atoms with van der Waals surface area (Å²) in [5.74, 6) is 0.118. The lowest BCUT2D eigenvalue weighted by Gasteiger charge is -2.33. The van der Waals surface area contributed by atoms with Gasteiger partial charge in [-0.3, -0.25) is 0 Å². The highest BCUT2D eigenvalue weighted by Crippen LogP contribution is 2.44. The molecule has 3 rings (SSSR count). The predicted octanol–water partition coefficient (Wildman–Crippen LogP) is 3.62. The van der Waals surface area contributed by atoms with Gasteiger partial charge in [0.15, 0.2) is 0 Å². The number of benzene rings is 2. The van der Waals surface area contributed by atoms with E-state index in [9.17, 15) is 10.2 Å². The van der Waals surface area contributed by atoms with Gasteiger partial charge in [-0.1, -0.05) is 66.8 Å². The van der Waals surface area contributed by atoms with Crippen LogP contribution in [-0.2, 0) is 5.60 Å². The van der Waals surface area contributed by atoms with Gasteiger partial charge in [0.25, 0.3) is 0 Å². The van der Waals surface area contributed by atoms with Crippen LogP contribution in [0.5, 0.6) is 5.75 Å². The second-order valence-corrected chi connectivity index (χ2v) is 4.96. The quantitative estimate of drug-likeness (QED) is 0.869. The van der Waals surface area contributed by atoms with Crippen LogP contribution < -0.4 is 0 Å². The summed E-state index contributed by atoms with van der Waals surface area (Å²) in [6.45, 7) is 0. The first-order valence-corrected chi connectivity index (χ1v) is 6.65. The lowest BCUT2D eigenvalue weighted by Crippen LogP contribution is -2.28. The van der Waals surface area contributed by atoms with Gasteiger partial charge in [-0.2, -0.15) is 0 Å². The molecule has 0 aromatic heterocycles. The van der Waals surface area contributed by atoms with E-state index in [-0.39, 0.29) is 5.75 Å². The van der Waals surface area contributed by atoms with E-state index in [2.05, 4.69) is 0 Å². The molecule has 0 radical (unpaired) electrons. The van der Waals surface area contributed by atoms with E-state index < -0.39 is 5.60 Å². The zero-order valence-electron chi connectivity index (χ0n) is 11.0. The SMILES string of the molecule is Oc1ccccc1C1(O)CC=CC=C1c1ccccc1. The third-order valence-corrected chi connectivity index (χ3v) is 3.69. The fourth-order valence-corrected chi connectivity index (χ4v) is 2.68. The van der Waals surface area contributed by atoms with Crippen LogP contribution in [0.25, 0.3) is 5.57 Å². The van der Waals surface area contributed by atoms with Crippen LogP contribution in [0, 0.1) is 0 Å². The van der Waals surface area contributed by atoms with Crippen LogP contribution in [0.4, 0.5) is 0 Å². The topological polar surface area (TPSA) is 40.5 Å². The van der Waals surface area contributed by atoms with Gasteiger partial charge in [-0.15, -0.1) is 0 Å². The normalized spacial score (nSPS) is 21.6. The van der Waals surface area contributed by atoms with Crippen molar-refractivity contribution in [3.8, 4) is 5.75 Å². The monoisotopic (exact) mass is 264 g/mol. The van der Waals surface area contributed by atoms with Gasteiger partial charge in [0.2, 0.25) is 0 Å². The van der Waals surface area contributed by atoms with Gasteiger partial charge in [0.1, 0.15) is 11.4 Å². The van der Waals surface area contributed by atoms with Gasteiger partial charge < -0.3 is 10.2 Å². The highest BCUT2D eigenvalue weighted by molar-refractivity contribution is 5.77. The van der Waals surface area contributed by atoms with Crippen molar-refractivity contribution in [3.05, 3.63) is 84.0 Å². The number of rotatable bonds is 2. The maximum absolute atomic E-state index is 11.2. The minimum absolute atomic E-state index is 0.118. The Bertz CT molecular complexity index is 671. The summed E-state index contributed by atoms with van der Waals surface area (Å²) in [5.41, 5.74) is 1.12. The average molecular weight is 264 g/mol. The average Bonchev–Trinajstić information content (AvgIpc) is 2.49. The molecule has 0 saturated heterocycles. The summed E-state index contributed by atoms with van der Waals surface area (Å²) in [5, 5.41) is 21.2. The summed E-state index contributed by atoms with van der Waals surface area (Å²) in [6.07, 6.45) is 6.21. The number of hydrogen-bond donors (Lipinski definition) is 2. The fraction of sp³-hybridized carbons (Fsp3) is 0.111. The van der Waals surface area contributed by atoms with Crippen molar-refractivity contribution in [2.24, 2.45) is 0 Å². The van der Waals surface area contributed by atoms with E-state index in [4.69, 9.17) is 0 Å². The molecule has 2 heteroatoms. The van der Waals surface area contributed by atoms with E-state index in [0.717, 1.165) is 11.1 Å². The summed E-state index contributed by atoms with van der Waals surface area (Å²) < 4.78 is 0. The molecule has 1 atom stereocenters. The number of allylic oxidation sites excluding steroid dienone is 2. The van der Waals surface area contributed by atoms with Gasteiger partial charge >= 0.3 is 0 Å². The molecular weight excluding hydrogens is 248 g/mol. The molecule has 1 aliphatic rings. The molecule has 0 amide bonds. The highest BCUT2D eigenvalue weighted by Gasteiger charge is 2.36. The zero-order valence-corrected chi connectivity index (χ0v) is 11.0. The van der Waals surface area contributed by atoms with Crippen LogP contribution >= 0.6 is 0 Å². The molecule has 0 saturated carbocycles. The largest absolute Gasteiger partial charge is 0.508 e. The molecule has 2 aromatic carbocycles. The number of para-hydroxylation sites is 1. The Morgan fingerprint density at radius 3 is 2.35 bits per heavy atom. The van der Waals surface area contributed by atoms with Gasteiger partial charge in [-0.05, 0) is 17.2 Å². The van der Waals surface area contributed by atoms with Crippen LogP contribution in [0.15, 0.2) is 72.8 Å². The second-order valence-electron chi connectivity index (χ2n) is 4.96. The molecule has 2 N–H and O–H groups in total. The molecule has 1 unspecified atom stereocenters. The Balaban J connectivity index is 2.15. The van der Waals surface area contributed by atoms with Crippen molar-refractivity contribution < 1.29 is 10.2 Å². The number of phenolic OH excluding ortho intramolecular Hbond substituents is 1. The Kier molecular flexibility index (Phi) is 3.17. The first-order valence-electron chi connectivity index (χ1n) is 6.65. The first kappa shape index (κ1) is 12.7. The van der Waals surface area contributed by atoms with Crippen LogP contribution in [0.3, 0.4) is 0 Å². The smallest absolute Gasteiger partial charge is 0.122 e. The third kappa shape index (κ3) is 2.04.